The van der Waals surface area contributed by atoms with Crippen LogP contribution >= 0.6 is 0 Å². The minimum Gasteiger partial charge on any atom is -0.480 e. The molecule has 0 bridgehead atoms. The van der Waals surface area contributed by atoms with E-state index < -0.39 is 0 Å². The van der Waals surface area contributed by atoms with Crippen molar-refractivity contribution in [2.24, 2.45) is 10.3 Å². The van der Waals surface area contributed by atoms with Crippen LogP contribution in [0.25, 0.3) is 0 Å². The van der Waals surface area contributed by atoms with Gasteiger partial charge in [-0.2, -0.15) is 5.26 Å². The lowest BCUT2D eigenvalue weighted by molar-refractivity contribution is 0.130. The highest BCUT2D eigenvalue weighted by Crippen LogP contribution is 2.13. The molecule has 0 aliphatic carbocycles. The number of hydrogen-bond acceptors (Lipinski definition) is 7. The van der Waals surface area contributed by atoms with Crippen LogP contribution in [0, 0.1) is 16.7 Å². The molecule has 0 unspecified atom stereocenters. The second-order valence-corrected chi connectivity index (χ2v) is 3.87. The van der Waals surface area contributed by atoms with E-state index in [4.69, 9.17) is 25.1 Å². The highest BCUT2D eigenvalue weighted by Gasteiger charge is 2.16. The zero-order chi connectivity index (χ0) is 15.7. The van der Waals surface area contributed by atoms with Gasteiger partial charge in [0.1, 0.15) is 19.8 Å². The van der Waals surface area contributed by atoms with Gasteiger partial charge < -0.3 is 14.4 Å². The Labute approximate surface area is 122 Å². The maximum atomic E-state index is 8.61. The minimum atomic E-state index is -0.124. The fraction of sp³-hybridized carbons (Fsp3) is 0.286. The number of nitrogens with zero attached hydrogens (tertiary/aromatic N) is 3. The molecule has 0 aromatic heterocycles. The summed E-state index contributed by atoms with van der Waals surface area (Å²) < 4.78 is 4.90. The summed E-state index contributed by atoms with van der Waals surface area (Å²) in [5, 5.41) is 23.8. The van der Waals surface area contributed by atoms with Crippen molar-refractivity contribution in [3.63, 3.8) is 0 Å². The molecule has 7 heteroatoms. The molecule has 0 atom stereocenters. The van der Waals surface area contributed by atoms with Crippen molar-refractivity contribution in [2.75, 3.05) is 14.2 Å². The van der Waals surface area contributed by atoms with E-state index in [1.165, 1.54) is 14.2 Å². The van der Waals surface area contributed by atoms with Gasteiger partial charge in [-0.25, -0.2) is 0 Å². The molecule has 1 aromatic carbocycles. The average Bonchev–Trinajstić information content (AvgIpc) is 2.52. The number of hydrogen-bond donors (Lipinski definition) is 1. The summed E-state index contributed by atoms with van der Waals surface area (Å²) in [4.78, 5) is 9.87. The first kappa shape index (κ1) is 16.2. The van der Waals surface area contributed by atoms with Crippen molar-refractivity contribution in [1.82, 2.24) is 0 Å². The predicted molar refractivity (Wildman–Crippen MR) is 78.2 cm³/mol. The third-order valence-corrected chi connectivity index (χ3v) is 2.46. The van der Waals surface area contributed by atoms with Gasteiger partial charge in [-0.1, -0.05) is 34.6 Å². The Morgan fingerprint density at radius 3 is 2.62 bits per heavy atom. The molecular weight excluding hydrogens is 272 g/mol. The van der Waals surface area contributed by atoms with Crippen molar-refractivity contribution in [2.45, 2.75) is 13.5 Å². The summed E-state index contributed by atoms with van der Waals surface area (Å²) in [6.07, 6.45) is 0. The highest BCUT2D eigenvalue weighted by molar-refractivity contribution is 6.44. The molecule has 0 fully saturated rings. The van der Waals surface area contributed by atoms with E-state index in [1.807, 2.05) is 12.1 Å². The van der Waals surface area contributed by atoms with Crippen molar-refractivity contribution in [1.29, 1.82) is 10.7 Å². The molecule has 7 nitrogen and oxygen atoms in total. The standard InChI is InChI=1S/C14H16N4O3/c1-10(8-15)17-21-9-11-6-4-5-7-12(11)13(18-20-3)14(16)19-2/h4-7,16H,9H2,1-3H3/b16-14?,17-10-,18-13?. The third-order valence-electron chi connectivity index (χ3n) is 2.46. The number of oxime groups is 2. The molecule has 1 N–H and O–H groups in total. The van der Waals surface area contributed by atoms with E-state index in [0.29, 0.717) is 5.56 Å². The van der Waals surface area contributed by atoms with Gasteiger partial charge in [0.15, 0.2) is 11.4 Å². The summed E-state index contributed by atoms with van der Waals surface area (Å²) in [6.45, 7) is 1.68. The van der Waals surface area contributed by atoms with Gasteiger partial charge in [0.2, 0.25) is 5.90 Å². The Bertz CT molecular complexity index is 602. The first-order chi connectivity index (χ1) is 10.1. The van der Waals surface area contributed by atoms with Crippen molar-refractivity contribution >= 4 is 17.3 Å². The normalized spacial score (nSPS) is 11.5. The molecule has 0 aliphatic rings. The van der Waals surface area contributed by atoms with Crippen LogP contribution in [0.3, 0.4) is 0 Å². The molecule has 110 valence electrons. The Kier molecular flexibility index (Phi) is 6.41. The first-order valence-corrected chi connectivity index (χ1v) is 6.03. The minimum absolute atomic E-state index is 0.124. The largest absolute Gasteiger partial charge is 0.480 e. The van der Waals surface area contributed by atoms with E-state index >= 15 is 0 Å². The molecule has 0 aliphatic heterocycles. The van der Waals surface area contributed by atoms with Crippen LogP contribution in [0.5, 0.6) is 0 Å². The lowest BCUT2D eigenvalue weighted by Gasteiger charge is -2.10. The maximum absolute atomic E-state index is 8.61. The monoisotopic (exact) mass is 288 g/mol. The fourth-order valence-corrected chi connectivity index (χ4v) is 1.50. The molecule has 0 saturated heterocycles. The van der Waals surface area contributed by atoms with Crippen LogP contribution < -0.4 is 0 Å². The zero-order valence-corrected chi connectivity index (χ0v) is 12.1. The maximum Gasteiger partial charge on any atom is 0.236 e. The first-order valence-electron chi connectivity index (χ1n) is 6.03. The smallest absolute Gasteiger partial charge is 0.236 e. The molecular formula is C14H16N4O3. The lowest BCUT2D eigenvalue weighted by atomic mass is 10.0. The van der Waals surface area contributed by atoms with Crippen LogP contribution in [0.1, 0.15) is 18.1 Å². The SMILES string of the molecule is CON=C(C(=N)OC)c1ccccc1CO/N=C(/C)C#N. The van der Waals surface area contributed by atoms with Gasteiger partial charge in [0.25, 0.3) is 0 Å². The van der Waals surface area contributed by atoms with Gasteiger partial charge in [0, 0.05) is 11.1 Å². The van der Waals surface area contributed by atoms with Crippen LogP contribution in [-0.4, -0.2) is 31.5 Å². The number of ether oxygens (including phenoxy) is 1. The Morgan fingerprint density at radius 2 is 2.00 bits per heavy atom. The summed E-state index contributed by atoms with van der Waals surface area (Å²) in [6, 6.07) is 9.06. The molecule has 21 heavy (non-hydrogen) atoms. The van der Waals surface area contributed by atoms with Gasteiger partial charge in [-0.3, -0.25) is 5.41 Å². The number of benzene rings is 1. The predicted octanol–water partition coefficient (Wildman–Crippen LogP) is 2.08. The van der Waals surface area contributed by atoms with Crippen molar-refractivity contribution < 1.29 is 14.4 Å². The van der Waals surface area contributed by atoms with Gasteiger partial charge >= 0.3 is 0 Å². The van der Waals surface area contributed by atoms with Gasteiger partial charge in [-0.05, 0) is 6.92 Å². The zero-order valence-electron chi connectivity index (χ0n) is 12.1. The second kappa shape index (κ2) is 8.32. The van der Waals surface area contributed by atoms with Crippen LogP contribution in [0.15, 0.2) is 34.6 Å². The number of nitriles is 1. The van der Waals surface area contributed by atoms with Crippen LogP contribution in [0.2, 0.25) is 0 Å². The Balaban J connectivity index is 3.05. The lowest BCUT2D eigenvalue weighted by Crippen LogP contribution is -2.18. The molecule has 1 aromatic rings. The fourth-order valence-electron chi connectivity index (χ4n) is 1.50. The van der Waals surface area contributed by atoms with E-state index in [9.17, 15) is 0 Å². The molecule has 0 heterocycles. The third kappa shape index (κ3) is 4.62. The van der Waals surface area contributed by atoms with Crippen LogP contribution in [0.4, 0.5) is 0 Å². The Morgan fingerprint density at radius 1 is 1.29 bits per heavy atom. The van der Waals surface area contributed by atoms with E-state index in [2.05, 4.69) is 10.3 Å². The van der Waals surface area contributed by atoms with E-state index in [1.54, 1.807) is 25.1 Å². The Hall–Kier alpha value is -2.88. The van der Waals surface area contributed by atoms with E-state index in [0.717, 1.165) is 5.56 Å². The molecule has 1 rings (SSSR count). The number of nitrogens with one attached hydrogen (secondary N) is 1. The molecule has 0 radical (unpaired) electrons. The van der Waals surface area contributed by atoms with Gasteiger partial charge in [-0.15, -0.1) is 0 Å². The van der Waals surface area contributed by atoms with Crippen molar-refractivity contribution in [3.05, 3.63) is 35.4 Å². The van der Waals surface area contributed by atoms with Crippen molar-refractivity contribution in [3.8, 4) is 6.07 Å². The summed E-state index contributed by atoms with van der Waals surface area (Å²) in [7, 11) is 2.77. The highest BCUT2D eigenvalue weighted by atomic mass is 16.6. The molecule has 0 spiro atoms. The molecule has 0 saturated carbocycles. The number of rotatable bonds is 6. The van der Waals surface area contributed by atoms with E-state index in [-0.39, 0.29) is 23.9 Å². The summed E-state index contributed by atoms with van der Waals surface area (Å²) in [5.41, 5.74) is 1.85. The summed E-state index contributed by atoms with van der Waals surface area (Å²) in [5.74, 6) is -0.124. The topological polar surface area (TPSA) is 100 Å². The van der Waals surface area contributed by atoms with Gasteiger partial charge in [0.05, 0.1) is 7.11 Å². The number of methoxy groups -OCH3 is 1. The second-order valence-electron chi connectivity index (χ2n) is 3.87. The van der Waals surface area contributed by atoms with Crippen LogP contribution in [-0.2, 0) is 21.0 Å². The summed E-state index contributed by atoms with van der Waals surface area (Å²) >= 11 is 0. The molecule has 0 amide bonds. The quantitative estimate of drug-likeness (QED) is 0.492. The average molecular weight is 288 g/mol.